The van der Waals surface area contributed by atoms with Crippen LogP contribution in [0.25, 0.3) is 0 Å². The summed E-state index contributed by atoms with van der Waals surface area (Å²) in [6, 6.07) is 10.8. The number of hydrogen-bond donors (Lipinski definition) is 0. The van der Waals surface area contributed by atoms with Gasteiger partial charge >= 0.3 is 0 Å². The highest BCUT2D eigenvalue weighted by Crippen LogP contribution is 2.09. The maximum Gasteiger partial charge on any atom is 0.0701 e. The van der Waals surface area contributed by atoms with E-state index in [1.807, 2.05) is 0 Å². The molecule has 1 aliphatic heterocycles. The summed E-state index contributed by atoms with van der Waals surface area (Å²) in [5.41, 5.74) is 1.49. The number of benzene rings is 1. The van der Waals surface area contributed by atoms with Gasteiger partial charge in [0, 0.05) is 0 Å². The van der Waals surface area contributed by atoms with E-state index in [0.717, 1.165) is 13.2 Å². The molecule has 0 saturated carbocycles. The molecule has 1 heterocycles. The van der Waals surface area contributed by atoms with Gasteiger partial charge in [0.1, 0.15) is 0 Å². The maximum atomic E-state index is 4.50. The third-order valence-corrected chi connectivity index (χ3v) is 2.87. The van der Waals surface area contributed by atoms with E-state index in [1.54, 1.807) is 0 Å². The van der Waals surface area contributed by atoms with Crippen LogP contribution in [0.3, 0.4) is 0 Å². The molecule has 0 amide bonds. The molecule has 1 aromatic carbocycles. The molecule has 0 bridgehead atoms. The normalized spacial score (nSPS) is 12.8. The number of unbranched alkanes of at least 4 members (excludes halogenated alkanes) is 5. The van der Waals surface area contributed by atoms with Crippen molar-refractivity contribution in [2.24, 2.45) is 0 Å². The van der Waals surface area contributed by atoms with Gasteiger partial charge in [-0.3, -0.25) is 0 Å². The van der Waals surface area contributed by atoms with E-state index in [0.29, 0.717) is 0 Å². The Labute approximate surface area is 106 Å². The summed E-state index contributed by atoms with van der Waals surface area (Å²) < 4.78 is 4.50. The van der Waals surface area contributed by atoms with E-state index in [9.17, 15) is 0 Å². The summed E-state index contributed by atoms with van der Waals surface area (Å²) >= 11 is 0. The lowest BCUT2D eigenvalue weighted by atomic mass is 10.1. The average molecular weight is 234 g/mol. The molecule has 1 aromatic rings. The first-order valence-corrected chi connectivity index (χ1v) is 7.05. The first kappa shape index (κ1) is 14.2. The standard InChI is InChI=1S/C14H22.C2H4O/c1-2-3-4-5-6-8-11-14-12-9-7-10-13-14;1-2-3-1/h7,9-10,12-13H,2-6,8,11H2,1H3;1-2H2. The van der Waals surface area contributed by atoms with E-state index in [2.05, 4.69) is 42.0 Å². The fourth-order valence-corrected chi connectivity index (χ4v) is 1.75. The monoisotopic (exact) mass is 234 g/mol. The molecule has 0 N–H and O–H groups in total. The van der Waals surface area contributed by atoms with Gasteiger partial charge in [0.2, 0.25) is 0 Å². The molecule has 17 heavy (non-hydrogen) atoms. The Bertz CT molecular complexity index is 251. The van der Waals surface area contributed by atoms with Gasteiger partial charge in [0.25, 0.3) is 0 Å². The van der Waals surface area contributed by atoms with Crippen molar-refractivity contribution in [2.75, 3.05) is 13.2 Å². The van der Waals surface area contributed by atoms with Crippen LogP contribution in [-0.2, 0) is 11.2 Å². The van der Waals surface area contributed by atoms with E-state index in [1.165, 1.54) is 50.5 Å². The zero-order chi connectivity index (χ0) is 12.2. The van der Waals surface area contributed by atoms with Crippen LogP contribution in [0.4, 0.5) is 0 Å². The van der Waals surface area contributed by atoms with Crippen LogP contribution in [0, 0.1) is 0 Å². The first-order chi connectivity index (χ1) is 8.43. The van der Waals surface area contributed by atoms with Crippen molar-refractivity contribution in [3.05, 3.63) is 35.9 Å². The van der Waals surface area contributed by atoms with Crippen molar-refractivity contribution in [1.82, 2.24) is 0 Å². The maximum absolute atomic E-state index is 4.50. The van der Waals surface area contributed by atoms with Gasteiger partial charge in [-0.2, -0.15) is 0 Å². The molecule has 0 aliphatic carbocycles. The van der Waals surface area contributed by atoms with Crippen molar-refractivity contribution in [2.45, 2.75) is 51.9 Å². The Morgan fingerprint density at radius 2 is 1.47 bits per heavy atom. The Balaban J connectivity index is 0.000000415. The molecule has 2 rings (SSSR count). The molecule has 1 aliphatic rings. The molecule has 1 saturated heterocycles. The number of rotatable bonds is 7. The van der Waals surface area contributed by atoms with E-state index >= 15 is 0 Å². The minimum atomic E-state index is 1.00. The van der Waals surface area contributed by atoms with Crippen molar-refractivity contribution < 1.29 is 4.74 Å². The number of hydrogen-bond acceptors (Lipinski definition) is 1. The quantitative estimate of drug-likeness (QED) is 0.496. The summed E-state index contributed by atoms with van der Waals surface area (Å²) in [4.78, 5) is 0. The van der Waals surface area contributed by atoms with Gasteiger partial charge in [-0.05, 0) is 18.4 Å². The highest BCUT2D eigenvalue weighted by molar-refractivity contribution is 5.14. The second-order valence-electron chi connectivity index (χ2n) is 4.62. The Kier molecular flexibility index (Phi) is 8.66. The smallest absolute Gasteiger partial charge is 0.0701 e. The third kappa shape index (κ3) is 10.1. The van der Waals surface area contributed by atoms with Crippen molar-refractivity contribution >= 4 is 0 Å². The molecule has 96 valence electrons. The highest BCUT2D eigenvalue weighted by Gasteiger charge is 1.94. The summed E-state index contributed by atoms with van der Waals surface area (Å²) in [5.74, 6) is 0. The summed E-state index contributed by atoms with van der Waals surface area (Å²) in [6.07, 6.45) is 9.60. The fourth-order valence-electron chi connectivity index (χ4n) is 1.75. The van der Waals surface area contributed by atoms with E-state index < -0.39 is 0 Å². The zero-order valence-electron chi connectivity index (χ0n) is 11.2. The van der Waals surface area contributed by atoms with Crippen LogP contribution in [0.1, 0.15) is 51.0 Å². The molecular weight excluding hydrogens is 208 g/mol. The summed E-state index contributed by atoms with van der Waals surface area (Å²) in [6.45, 7) is 4.27. The Hall–Kier alpha value is -0.820. The topological polar surface area (TPSA) is 12.5 Å². The number of ether oxygens (including phenoxy) is 1. The van der Waals surface area contributed by atoms with Crippen LogP contribution in [0.5, 0.6) is 0 Å². The summed E-state index contributed by atoms with van der Waals surface area (Å²) in [7, 11) is 0. The van der Waals surface area contributed by atoms with Gasteiger partial charge < -0.3 is 4.74 Å². The molecular formula is C16H26O. The Morgan fingerprint density at radius 3 is 2.06 bits per heavy atom. The van der Waals surface area contributed by atoms with E-state index in [-0.39, 0.29) is 0 Å². The molecule has 0 radical (unpaired) electrons. The average Bonchev–Trinajstić information content (AvgIpc) is 3.23. The lowest BCUT2D eigenvalue weighted by Crippen LogP contribution is -1.85. The van der Waals surface area contributed by atoms with Gasteiger partial charge in [0.05, 0.1) is 13.2 Å². The number of epoxide rings is 1. The summed E-state index contributed by atoms with van der Waals surface area (Å²) in [5, 5.41) is 0. The molecule has 1 nitrogen and oxygen atoms in total. The lowest BCUT2D eigenvalue weighted by molar-refractivity contribution is 0.475. The Morgan fingerprint density at radius 1 is 0.882 bits per heavy atom. The van der Waals surface area contributed by atoms with Crippen LogP contribution in [0.15, 0.2) is 30.3 Å². The fraction of sp³-hybridized carbons (Fsp3) is 0.625. The third-order valence-electron chi connectivity index (χ3n) is 2.87. The molecule has 0 unspecified atom stereocenters. The van der Waals surface area contributed by atoms with Gasteiger partial charge in [-0.25, -0.2) is 0 Å². The van der Waals surface area contributed by atoms with E-state index in [4.69, 9.17) is 0 Å². The highest BCUT2D eigenvalue weighted by atomic mass is 16.6. The first-order valence-electron chi connectivity index (χ1n) is 7.05. The van der Waals surface area contributed by atoms with Crippen LogP contribution >= 0.6 is 0 Å². The lowest BCUT2D eigenvalue weighted by Gasteiger charge is -2.01. The predicted molar refractivity (Wildman–Crippen MR) is 74.3 cm³/mol. The minimum Gasteiger partial charge on any atom is -0.377 e. The predicted octanol–water partition coefficient (Wildman–Crippen LogP) is 4.61. The van der Waals surface area contributed by atoms with Gasteiger partial charge in [-0.1, -0.05) is 69.4 Å². The van der Waals surface area contributed by atoms with Gasteiger partial charge in [0.15, 0.2) is 0 Å². The molecule has 0 spiro atoms. The number of aryl methyl sites for hydroxylation is 1. The van der Waals surface area contributed by atoms with Crippen LogP contribution < -0.4 is 0 Å². The second-order valence-corrected chi connectivity index (χ2v) is 4.62. The zero-order valence-corrected chi connectivity index (χ0v) is 11.2. The largest absolute Gasteiger partial charge is 0.377 e. The molecule has 0 atom stereocenters. The van der Waals surface area contributed by atoms with Crippen LogP contribution in [-0.4, -0.2) is 13.2 Å². The van der Waals surface area contributed by atoms with Gasteiger partial charge in [-0.15, -0.1) is 0 Å². The van der Waals surface area contributed by atoms with Crippen LogP contribution in [0.2, 0.25) is 0 Å². The van der Waals surface area contributed by atoms with Crippen molar-refractivity contribution in [3.63, 3.8) is 0 Å². The van der Waals surface area contributed by atoms with Crippen molar-refractivity contribution in [3.8, 4) is 0 Å². The van der Waals surface area contributed by atoms with Crippen molar-refractivity contribution in [1.29, 1.82) is 0 Å². The molecule has 1 fully saturated rings. The molecule has 0 aromatic heterocycles. The molecule has 1 heteroatoms. The second kappa shape index (κ2) is 10.3. The SMILES string of the molecule is C1CO1.CCCCCCCCc1ccccc1. The minimum absolute atomic E-state index is 1.00.